The van der Waals surface area contributed by atoms with E-state index in [9.17, 15) is 4.79 Å². The molecule has 2 heterocycles. The maximum absolute atomic E-state index is 13.0. The molecule has 150 valence electrons. The Morgan fingerprint density at radius 1 is 1.19 bits per heavy atom. The monoisotopic (exact) mass is 413 g/mol. The molecule has 2 fully saturated rings. The van der Waals surface area contributed by atoms with Gasteiger partial charge in [0.25, 0.3) is 5.91 Å². The number of pyridine rings is 1. The molecule has 2 aliphatic rings. The first-order valence-corrected chi connectivity index (χ1v) is 9.31. The molecule has 2 aromatic heterocycles. The minimum atomic E-state index is -0.00692. The van der Waals surface area contributed by atoms with Crippen LogP contribution in [0.4, 0.5) is 0 Å². The zero-order chi connectivity index (χ0) is 17.7. The van der Waals surface area contributed by atoms with E-state index in [0.29, 0.717) is 23.4 Å². The number of amides is 1. The van der Waals surface area contributed by atoms with E-state index in [1.165, 1.54) is 19.3 Å². The van der Waals surface area contributed by atoms with Crippen LogP contribution in [0.15, 0.2) is 6.07 Å². The van der Waals surface area contributed by atoms with Crippen molar-refractivity contribution in [1.29, 1.82) is 0 Å². The van der Waals surface area contributed by atoms with Crippen molar-refractivity contribution >= 4 is 41.8 Å². The van der Waals surface area contributed by atoms with Gasteiger partial charge in [0.2, 0.25) is 0 Å². The van der Waals surface area contributed by atoms with E-state index in [4.69, 9.17) is 5.73 Å². The number of rotatable bonds is 2. The van der Waals surface area contributed by atoms with E-state index in [1.807, 2.05) is 27.0 Å². The topological polar surface area (TPSA) is 85.8 Å². The third-order valence-corrected chi connectivity index (χ3v) is 6.11. The summed E-state index contributed by atoms with van der Waals surface area (Å²) in [6.07, 6.45) is 5.66. The summed E-state index contributed by atoms with van der Waals surface area (Å²) in [6.45, 7) is 3.85. The molecule has 2 atom stereocenters. The smallest absolute Gasteiger partial charge is 0.253 e. The van der Waals surface area contributed by atoms with Gasteiger partial charge in [-0.25, -0.2) is 4.98 Å². The second-order valence-corrected chi connectivity index (χ2v) is 7.88. The van der Waals surface area contributed by atoms with Gasteiger partial charge in [0, 0.05) is 24.5 Å². The van der Waals surface area contributed by atoms with Crippen LogP contribution in [0.1, 0.15) is 53.8 Å². The van der Waals surface area contributed by atoms with Crippen LogP contribution in [0.3, 0.4) is 0 Å². The Hall–Kier alpha value is -1.37. The molecule has 0 aliphatic heterocycles. The van der Waals surface area contributed by atoms with Crippen molar-refractivity contribution in [2.45, 2.75) is 58.0 Å². The highest BCUT2D eigenvalue weighted by molar-refractivity contribution is 5.98. The number of nitrogens with one attached hydrogen (secondary N) is 1. The standard InChI is InChI=1S/C19H27N5O.2ClH/c1-10-16(9-15-11(2)23-24(3)18(15)21-10)19(25)22-17-12-5-4-6-13(17)8-14(20)7-12;;/h9,12-14,17H,4-8,20H2,1-3H3,(H,22,25);2*1H. The maximum Gasteiger partial charge on any atom is 0.253 e. The van der Waals surface area contributed by atoms with E-state index >= 15 is 0 Å². The molecule has 2 bridgehead atoms. The normalized spacial score (nSPS) is 26.8. The number of hydrogen-bond acceptors (Lipinski definition) is 4. The summed E-state index contributed by atoms with van der Waals surface area (Å²) in [7, 11) is 1.88. The molecule has 2 aliphatic carbocycles. The Balaban J connectivity index is 0.00000131. The third-order valence-electron chi connectivity index (χ3n) is 6.11. The highest BCUT2D eigenvalue weighted by Gasteiger charge is 2.40. The Bertz CT molecular complexity index is 823. The van der Waals surface area contributed by atoms with Crippen molar-refractivity contribution in [3.8, 4) is 0 Å². The van der Waals surface area contributed by atoms with Crippen LogP contribution in [0.2, 0.25) is 0 Å². The molecule has 0 spiro atoms. The van der Waals surface area contributed by atoms with Gasteiger partial charge in [-0.3, -0.25) is 9.48 Å². The molecule has 0 aromatic carbocycles. The molecule has 1 amide bonds. The van der Waals surface area contributed by atoms with E-state index < -0.39 is 0 Å². The number of fused-ring (bicyclic) bond motifs is 3. The van der Waals surface area contributed by atoms with Gasteiger partial charge in [0.15, 0.2) is 5.65 Å². The van der Waals surface area contributed by atoms with Gasteiger partial charge < -0.3 is 11.1 Å². The Morgan fingerprint density at radius 2 is 1.81 bits per heavy atom. The zero-order valence-corrected chi connectivity index (χ0v) is 17.7. The second-order valence-electron chi connectivity index (χ2n) is 7.88. The fraction of sp³-hybridized carbons (Fsp3) is 0.632. The lowest BCUT2D eigenvalue weighted by Crippen LogP contribution is -2.53. The van der Waals surface area contributed by atoms with Gasteiger partial charge in [-0.1, -0.05) is 6.42 Å². The first-order valence-electron chi connectivity index (χ1n) is 9.31. The van der Waals surface area contributed by atoms with Crippen molar-refractivity contribution in [3.05, 3.63) is 23.0 Å². The molecule has 8 heteroatoms. The lowest BCUT2D eigenvalue weighted by molar-refractivity contribution is 0.0755. The minimum Gasteiger partial charge on any atom is -0.349 e. The van der Waals surface area contributed by atoms with Crippen molar-refractivity contribution < 1.29 is 4.79 Å². The van der Waals surface area contributed by atoms with Crippen molar-refractivity contribution in [1.82, 2.24) is 20.1 Å². The summed E-state index contributed by atoms with van der Waals surface area (Å²) in [5, 5.41) is 8.69. The molecule has 0 radical (unpaired) electrons. The third kappa shape index (κ3) is 3.93. The molecule has 0 saturated heterocycles. The Labute approximate surface area is 172 Å². The summed E-state index contributed by atoms with van der Waals surface area (Å²) in [4.78, 5) is 17.6. The summed E-state index contributed by atoms with van der Waals surface area (Å²) in [5.41, 5.74) is 9.35. The van der Waals surface area contributed by atoms with Gasteiger partial charge in [-0.2, -0.15) is 5.10 Å². The molecule has 27 heavy (non-hydrogen) atoms. The predicted octanol–water partition coefficient (Wildman–Crippen LogP) is 3.06. The fourth-order valence-electron chi connectivity index (χ4n) is 4.92. The summed E-state index contributed by atoms with van der Waals surface area (Å²) >= 11 is 0. The van der Waals surface area contributed by atoms with Crippen LogP contribution in [0, 0.1) is 25.7 Å². The number of carbonyl (C=O) groups excluding carboxylic acids is 1. The molecule has 2 unspecified atom stereocenters. The number of carbonyl (C=O) groups is 1. The molecular formula is C19H29Cl2N5O. The first kappa shape index (κ1) is 21.9. The van der Waals surface area contributed by atoms with E-state index in [0.717, 1.165) is 35.3 Å². The van der Waals surface area contributed by atoms with Crippen LogP contribution in [-0.2, 0) is 7.05 Å². The van der Waals surface area contributed by atoms with Crippen LogP contribution >= 0.6 is 24.8 Å². The zero-order valence-electron chi connectivity index (χ0n) is 16.1. The average Bonchev–Trinajstić information content (AvgIpc) is 2.81. The Morgan fingerprint density at radius 3 is 2.44 bits per heavy atom. The number of nitrogens with zero attached hydrogens (tertiary/aromatic N) is 3. The molecular weight excluding hydrogens is 385 g/mol. The van der Waals surface area contributed by atoms with E-state index in [-0.39, 0.29) is 36.8 Å². The molecule has 6 nitrogen and oxygen atoms in total. The largest absolute Gasteiger partial charge is 0.349 e. The van der Waals surface area contributed by atoms with Crippen LogP contribution in [-0.4, -0.2) is 32.8 Å². The number of aromatic nitrogens is 3. The van der Waals surface area contributed by atoms with Crippen molar-refractivity contribution in [2.24, 2.45) is 24.6 Å². The summed E-state index contributed by atoms with van der Waals surface area (Å²) in [5.74, 6) is 1.03. The molecule has 2 aromatic rings. The molecule has 3 N–H and O–H groups in total. The van der Waals surface area contributed by atoms with Crippen LogP contribution in [0.5, 0.6) is 0 Å². The SMILES string of the molecule is Cc1nc2c(cc1C(=O)NC1C3CCCC1CC(N)C3)c(C)nn2C.Cl.Cl. The molecule has 2 saturated carbocycles. The van der Waals surface area contributed by atoms with E-state index in [1.54, 1.807) is 4.68 Å². The lowest BCUT2D eigenvalue weighted by Gasteiger charge is -2.45. The van der Waals surface area contributed by atoms with E-state index in [2.05, 4.69) is 15.4 Å². The van der Waals surface area contributed by atoms with Gasteiger partial charge in [-0.15, -0.1) is 24.8 Å². The first-order chi connectivity index (χ1) is 11.9. The van der Waals surface area contributed by atoms with Gasteiger partial charge >= 0.3 is 0 Å². The van der Waals surface area contributed by atoms with Gasteiger partial charge in [-0.05, 0) is 57.4 Å². The second kappa shape index (κ2) is 8.33. The average molecular weight is 414 g/mol. The summed E-state index contributed by atoms with van der Waals surface area (Å²) < 4.78 is 1.77. The highest BCUT2D eigenvalue weighted by Crippen LogP contribution is 2.39. The fourth-order valence-corrected chi connectivity index (χ4v) is 4.92. The number of aryl methyl sites for hydroxylation is 3. The van der Waals surface area contributed by atoms with Crippen molar-refractivity contribution in [3.63, 3.8) is 0 Å². The number of nitrogens with two attached hydrogens (primary N) is 1. The number of hydrogen-bond donors (Lipinski definition) is 2. The summed E-state index contributed by atoms with van der Waals surface area (Å²) in [6, 6.07) is 2.49. The Kier molecular flexibility index (Phi) is 6.77. The van der Waals surface area contributed by atoms with Crippen LogP contribution < -0.4 is 11.1 Å². The van der Waals surface area contributed by atoms with Gasteiger partial charge in [0.1, 0.15) is 0 Å². The van der Waals surface area contributed by atoms with Gasteiger partial charge in [0.05, 0.1) is 17.0 Å². The number of halogens is 2. The maximum atomic E-state index is 13.0. The predicted molar refractivity (Wildman–Crippen MR) is 112 cm³/mol. The highest BCUT2D eigenvalue weighted by atomic mass is 35.5. The minimum absolute atomic E-state index is 0. The quantitative estimate of drug-likeness (QED) is 0.791. The van der Waals surface area contributed by atoms with Crippen molar-refractivity contribution in [2.75, 3.05) is 0 Å². The van der Waals surface area contributed by atoms with Crippen LogP contribution in [0.25, 0.3) is 11.0 Å². The lowest BCUT2D eigenvalue weighted by atomic mass is 9.67. The molecule has 4 rings (SSSR count).